The molecule has 6 nitrogen and oxygen atoms in total. The van der Waals surface area contributed by atoms with Crippen LogP contribution in [-0.2, 0) is 9.53 Å². The number of nitrogens with zero attached hydrogens (tertiary/aromatic N) is 3. The van der Waals surface area contributed by atoms with Crippen molar-refractivity contribution in [3.8, 4) is 0 Å². The summed E-state index contributed by atoms with van der Waals surface area (Å²) in [6.45, 7) is 2.21. The highest BCUT2D eigenvalue weighted by Gasteiger charge is 2.38. The number of likely N-dealkylation sites (tertiary alicyclic amines) is 1. The number of anilines is 1. The highest BCUT2D eigenvalue weighted by Crippen LogP contribution is 2.35. The minimum Gasteiger partial charge on any atom is -0.371 e. The number of hydrogen-bond acceptors (Lipinski definition) is 6. The Morgan fingerprint density at radius 3 is 2.30 bits per heavy atom. The van der Waals surface area contributed by atoms with Crippen LogP contribution in [0.5, 0.6) is 0 Å². The molecule has 2 aliphatic rings. The first-order chi connectivity index (χ1) is 14.8. The van der Waals surface area contributed by atoms with Crippen LogP contribution >= 0.6 is 11.3 Å². The summed E-state index contributed by atoms with van der Waals surface area (Å²) in [5, 5.41) is 12.7. The van der Waals surface area contributed by atoms with Gasteiger partial charge in [-0.2, -0.15) is 0 Å². The Bertz CT molecular complexity index is 943. The topological polar surface area (TPSA) is 67.3 Å². The van der Waals surface area contributed by atoms with Gasteiger partial charge in [0.15, 0.2) is 0 Å². The Kier molecular flexibility index (Phi) is 5.57. The number of ether oxygens (including phenoxy) is 1. The normalized spacial score (nSPS) is 19.7. The van der Waals surface area contributed by atoms with Gasteiger partial charge in [0.05, 0.1) is 12.0 Å². The third-order valence-corrected chi connectivity index (χ3v) is 6.68. The van der Waals surface area contributed by atoms with E-state index >= 15 is 0 Å². The van der Waals surface area contributed by atoms with Crippen molar-refractivity contribution < 1.29 is 9.53 Å². The van der Waals surface area contributed by atoms with Crippen LogP contribution in [0.25, 0.3) is 0 Å². The number of hydrogen-bond donors (Lipinski definition) is 1. The largest absolute Gasteiger partial charge is 0.371 e. The van der Waals surface area contributed by atoms with Crippen LogP contribution in [0.3, 0.4) is 0 Å². The van der Waals surface area contributed by atoms with Gasteiger partial charge in [0.1, 0.15) is 11.1 Å². The van der Waals surface area contributed by atoms with Crippen LogP contribution < -0.4 is 5.32 Å². The Hall–Kier alpha value is -2.61. The molecule has 0 radical (unpaired) electrons. The van der Waals surface area contributed by atoms with Crippen molar-refractivity contribution in [3.63, 3.8) is 0 Å². The summed E-state index contributed by atoms with van der Waals surface area (Å²) in [4.78, 5) is 15.1. The van der Waals surface area contributed by atoms with Gasteiger partial charge in [-0.15, -0.1) is 10.2 Å². The van der Waals surface area contributed by atoms with Crippen LogP contribution in [0.2, 0.25) is 0 Å². The predicted molar refractivity (Wildman–Crippen MR) is 116 cm³/mol. The summed E-state index contributed by atoms with van der Waals surface area (Å²) in [6.07, 6.45) is 2.05. The monoisotopic (exact) mass is 420 g/mol. The van der Waals surface area contributed by atoms with Crippen molar-refractivity contribution in [2.45, 2.75) is 25.0 Å². The zero-order valence-electron chi connectivity index (χ0n) is 16.6. The Morgan fingerprint density at radius 2 is 1.70 bits per heavy atom. The molecule has 3 aromatic rings. The molecule has 0 aliphatic carbocycles. The molecule has 0 saturated carbocycles. The highest BCUT2D eigenvalue weighted by molar-refractivity contribution is 7.15. The van der Waals surface area contributed by atoms with E-state index in [1.807, 2.05) is 12.1 Å². The Morgan fingerprint density at radius 1 is 1.03 bits per heavy atom. The lowest BCUT2D eigenvalue weighted by atomic mass is 9.90. The number of carbonyl (C=O) groups is 1. The van der Waals surface area contributed by atoms with Gasteiger partial charge in [0.25, 0.3) is 0 Å². The minimum atomic E-state index is -0.0463. The molecule has 30 heavy (non-hydrogen) atoms. The number of nitrogens with one attached hydrogen (secondary N) is 1. The third-order valence-electron chi connectivity index (χ3n) is 5.75. The predicted octanol–water partition coefficient (Wildman–Crippen LogP) is 4.05. The van der Waals surface area contributed by atoms with E-state index < -0.39 is 0 Å². The van der Waals surface area contributed by atoms with E-state index in [0.29, 0.717) is 5.13 Å². The molecule has 1 atom stereocenters. The van der Waals surface area contributed by atoms with E-state index in [0.717, 1.165) is 37.5 Å². The summed E-state index contributed by atoms with van der Waals surface area (Å²) >= 11 is 1.42. The molecule has 1 aromatic heterocycles. The molecule has 1 amide bonds. The number of carbonyl (C=O) groups excluding carboxylic acids is 1. The number of rotatable bonds is 6. The minimum absolute atomic E-state index is 0.0150. The first-order valence-corrected chi connectivity index (χ1v) is 11.2. The van der Waals surface area contributed by atoms with E-state index in [9.17, 15) is 4.79 Å². The van der Waals surface area contributed by atoms with Gasteiger partial charge in [-0.25, -0.2) is 0 Å². The number of amides is 1. The molecule has 5 rings (SSSR count). The second-order valence-electron chi connectivity index (χ2n) is 7.81. The van der Waals surface area contributed by atoms with Crippen LogP contribution in [0.15, 0.2) is 60.7 Å². The summed E-state index contributed by atoms with van der Waals surface area (Å²) in [7, 11) is 0. The van der Waals surface area contributed by atoms with Gasteiger partial charge >= 0.3 is 0 Å². The molecule has 2 saturated heterocycles. The van der Waals surface area contributed by atoms with E-state index in [1.54, 1.807) is 0 Å². The zero-order chi connectivity index (χ0) is 20.3. The van der Waals surface area contributed by atoms with Crippen molar-refractivity contribution in [3.05, 3.63) is 76.8 Å². The van der Waals surface area contributed by atoms with Gasteiger partial charge in [0, 0.05) is 19.7 Å². The maximum absolute atomic E-state index is 12.7. The lowest BCUT2D eigenvalue weighted by Gasteiger charge is -2.43. The van der Waals surface area contributed by atoms with Crippen molar-refractivity contribution in [1.82, 2.24) is 15.1 Å². The molecule has 2 aromatic carbocycles. The first kappa shape index (κ1) is 19.4. The van der Waals surface area contributed by atoms with Gasteiger partial charge in [-0.1, -0.05) is 72.0 Å². The molecule has 0 bridgehead atoms. The summed E-state index contributed by atoms with van der Waals surface area (Å²) in [5.41, 5.74) is 2.49. The quantitative estimate of drug-likeness (QED) is 0.652. The van der Waals surface area contributed by atoms with Gasteiger partial charge in [0.2, 0.25) is 11.0 Å². The summed E-state index contributed by atoms with van der Waals surface area (Å²) in [6, 6.07) is 21.1. The van der Waals surface area contributed by atoms with Gasteiger partial charge in [-0.05, 0) is 24.0 Å². The fourth-order valence-electron chi connectivity index (χ4n) is 4.17. The zero-order valence-corrected chi connectivity index (χ0v) is 17.4. The second-order valence-corrected chi connectivity index (χ2v) is 8.82. The van der Waals surface area contributed by atoms with E-state index in [4.69, 9.17) is 4.74 Å². The molecule has 0 spiro atoms. The molecule has 1 N–H and O–H groups in total. The molecule has 7 heteroatoms. The smallest absolute Gasteiger partial charge is 0.231 e. The maximum atomic E-state index is 12.7. The van der Waals surface area contributed by atoms with E-state index in [-0.39, 0.29) is 24.0 Å². The molecule has 2 fully saturated rings. The van der Waals surface area contributed by atoms with Crippen LogP contribution in [-0.4, -0.2) is 40.7 Å². The van der Waals surface area contributed by atoms with Crippen LogP contribution in [0, 0.1) is 5.92 Å². The van der Waals surface area contributed by atoms with Gasteiger partial charge < -0.3 is 10.1 Å². The van der Waals surface area contributed by atoms with Crippen molar-refractivity contribution >= 4 is 22.4 Å². The fourth-order valence-corrected chi connectivity index (χ4v) is 5.00. The Labute approximate surface area is 179 Å². The average Bonchev–Trinajstić information content (AvgIpc) is 3.43. The molecular weight excluding hydrogens is 396 g/mol. The average molecular weight is 421 g/mol. The lowest BCUT2D eigenvalue weighted by molar-refractivity contribution is -0.125. The van der Waals surface area contributed by atoms with Crippen LogP contribution in [0.4, 0.5) is 5.13 Å². The Balaban J connectivity index is 1.23. The number of aromatic nitrogens is 2. The van der Waals surface area contributed by atoms with Gasteiger partial charge in [-0.3, -0.25) is 9.69 Å². The van der Waals surface area contributed by atoms with Crippen molar-refractivity contribution in [2.75, 3.05) is 25.0 Å². The van der Waals surface area contributed by atoms with Crippen molar-refractivity contribution in [2.24, 2.45) is 5.92 Å². The SMILES string of the molecule is O=C(Nc1nnc([C@@H]2CCCO2)s1)C1CN(C(c2ccccc2)c2ccccc2)C1. The fraction of sp³-hybridized carbons (Fsp3) is 0.348. The molecule has 2 aliphatic heterocycles. The second kappa shape index (κ2) is 8.63. The molecular formula is C23H24N4O2S. The highest BCUT2D eigenvalue weighted by atomic mass is 32.1. The third kappa shape index (κ3) is 4.01. The summed E-state index contributed by atoms with van der Waals surface area (Å²) < 4.78 is 5.65. The number of benzene rings is 2. The van der Waals surface area contributed by atoms with E-state index in [2.05, 4.69) is 68.9 Å². The first-order valence-electron chi connectivity index (χ1n) is 10.4. The standard InChI is InChI=1S/C23H24N4O2S/c28-21(24-23-26-25-22(30-23)19-12-7-13-29-19)18-14-27(15-18)20(16-8-3-1-4-9-16)17-10-5-2-6-11-17/h1-6,8-11,18-20H,7,12-15H2,(H,24,26,28)/t19-/m0/s1. The lowest BCUT2D eigenvalue weighted by Crippen LogP contribution is -2.53. The maximum Gasteiger partial charge on any atom is 0.231 e. The molecule has 154 valence electrons. The summed E-state index contributed by atoms with van der Waals surface area (Å²) in [5.74, 6) is -0.0313. The van der Waals surface area contributed by atoms with E-state index in [1.165, 1.54) is 22.5 Å². The van der Waals surface area contributed by atoms with Crippen LogP contribution in [0.1, 0.15) is 41.1 Å². The molecule has 0 unspecified atom stereocenters. The molecule has 3 heterocycles. The van der Waals surface area contributed by atoms with Crippen molar-refractivity contribution in [1.29, 1.82) is 0 Å².